The summed E-state index contributed by atoms with van der Waals surface area (Å²) in [6.45, 7) is 1.48. The minimum atomic E-state index is -1.08. The molecule has 0 bridgehead atoms. The molecule has 0 aliphatic heterocycles. The molecule has 2 heterocycles. The van der Waals surface area contributed by atoms with Crippen molar-refractivity contribution in [3.63, 3.8) is 0 Å². The Morgan fingerprint density at radius 2 is 1.84 bits per heavy atom. The number of amides is 1. The molecule has 0 aliphatic carbocycles. The summed E-state index contributed by atoms with van der Waals surface area (Å²) in [6, 6.07) is 12.7. The van der Waals surface area contributed by atoms with Gasteiger partial charge < -0.3 is 10.6 Å². The summed E-state index contributed by atoms with van der Waals surface area (Å²) in [5.41, 5.74) is 8.50. The molecule has 0 saturated carbocycles. The zero-order valence-corrected chi connectivity index (χ0v) is 16.6. The Morgan fingerprint density at radius 3 is 2.55 bits per heavy atom. The second-order valence-electron chi connectivity index (χ2n) is 6.77. The first-order valence-electron chi connectivity index (χ1n) is 9.20. The number of aromatic nitrogens is 5. The van der Waals surface area contributed by atoms with E-state index in [2.05, 4.69) is 20.5 Å². The Labute approximate surface area is 175 Å². The van der Waals surface area contributed by atoms with Crippen LogP contribution in [0.1, 0.15) is 6.92 Å². The van der Waals surface area contributed by atoms with E-state index in [0.29, 0.717) is 11.1 Å². The summed E-state index contributed by atoms with van der Waals surface area (Å²) < 4.78 is 29.1. The number of pyridine rings is 1. The number of nitrogens with two attached hydrogens (primary N) is 1. The SMILES string of the molecule is CC(=O)N(C)c1ccc(-c2cnc(N)c(-c3nnnn3-c3cccc(F)c3F)c2)cc1. The fourth-order valence-corrected chi connectivity index (χ4v) is 3.04. The first kappa shape index (κ1) is 20.1. The Morgan fingerprint density at radius 1 is 1.10 bits per heavy atom. The van der Waals surface area contributed by atoms with E-state index in [4.69, 9.17) is 5.73 Å². The molecule has 0 atom stereocenters. The number of benzene rings is 2. The van der Waals surface area contributed by atoms with Crippen LogP contribution < -0.4 is 10.6 Å². The molecule has 156 valence electrons. The molecular formula is C21H17F2N7O. The second kappa shape index (κ2) is 7.90. The van der Waals surface area contributed by atoms with E-state index in [9.17, 15) is 13.6 Å². The van der Waals surface area contributed by atoms with Crippen LogP contribution in [0.4, 0.5) is 20.3 Å². The van der Waals surface area contributed by atoms with Gasteiger partial charge in [-0.05, 0) is 46.3 Å². The predicted molar refractivity (Wildman–Crippen MR) is 111 cm³/mol. The van der Waals surface area contributed by atoms with Gasteiger partial charge in [0, 0.05) is 31.4 Å². The van der Waals surface area contributed by atoms with E-state index in [1.165, 1.54) is 24.0 Å². The molecule has 0 unspecified atom stereocenters. The molecule has 1 amide bonds. The highest BCUT2D eigenvalue weighted by atomic mass is 19.2. The number of rotatable bonds is 4. The second-order valence-corrected chi connectivity index (χ2v) is 6.77. The molecule has 8 nitrogen and oxygen atoms in total. The van der Waals surface area contributed by atoms with Crippen molar-refractivity contribution in [2.45, 2.75) is 6.92 Å². The lowest BCUT2D eigenvalue weighted by Gasteiger charge is -2.15. The molecule has 31 heavy (non-hydrogen) atoms. The standard InChI is InChI=1S/C21H17F2N7O/c1-12(31)29(2)15-8-6-13(7-9-15)14-10-16(20(24)25-11-14)21-26-27-28-30(21)18-5-3-4-17(22)19(18)23/h3-11H,1-2H3,(H2,24,25). The summed E-state index contributed by atoms with van der Waals surface area (Å²) >= 11 is 0. The maximum Gasteiger partial charge on any atom is 0.223 e. The number of hydrogen-bond acceptors (Lipinski definition) is 6. The molecule has 0 spiro atoms. The highest BCUT2D eigenvalue weighted by molar-refractivity contribution is 5.91. The number of hydrogen-bond donors (Lipinski definition) is 1. The first-order valence-corrected chi connectivity index (χ1v) is 9.20. The highest BCUT2D eigenvalue weighted by Crippen LogP contribution is 2.30. The Hall–Kier alpha value is -4.21. The van der Waals surface area contributed by atoms with Gasteiger partial charge in [0.1, 0.15) is 11.5 Å². The average molecular weight is 421 g/mol. The van der Waals surface area contributed by atoms with Crippen LogP contribution in [0, 0.1) is 11.6 Å². The number of nitrogens with zero attached hydrogens (tertiary/aromatic N) is 6. The maximum atomic E-state index is 14.3. The monoisotopic (exact) mass is 421 g/mol. The molecule has 2 N–H and O–H groups in total. The lowest BCUT2D eigenvalue weighted by Crippen LogP contribution is -2.22. The minimum Gasteiger partial charge on any atom is -0.383 e. The van der Waals surface area contributed by atoms with Crippen LogP contribution in [0.5, 0.6) is 0 Å². The summed E-state index contributed by atoms with van der Waals surface area (Å²) in [5.74, 6) is -1.94. The van der Waals surface area contributed by atoms with Crippen molar-refractivity contribution in [2.75, 3.05) is 17.7 Å². The molecule has 0 fully saturated rings. The maximum absolute atomic E-state index is 14.3. The Bertz CT molecular complexity index is 1270. The smallest absolute Gasteiger partial charge is 0.223 e. The van der Waals surface area contributed by atoms with E-state index in [1.54, 1.807) is 31.4 Å². The van der Waals surface area contributed by atoms with Crippen LogP contribution in [0.25, 0.3) is 28.2 Å². The summed E-state index contributed by atoms with van der Waals surface area (Å²) in [4.78, 5) is 17.3. The van der Waals surface area contributed by atoms with Crippen LogP contribution in [0.3, 0.4) is 0 Å². The molecule has 10 heteroatoms. The molecule has 2 aromatic carbocycles. The van der Waals surface area contributed by atoms with Crippen LogP contribution >= 0.6 is 0 Å². The highest BCUT2D eigenvalue weighted by Gasteiger charge is 2.19. The number of anilines is 2. The summed E-state index contributed by atoms with van der Waals surface area (Å²) in [5, 5.41) is 11.3. The van der Waals surface area contributed by atoms with E-state index >= 15 is 0 Å². The van der Waals surface area contributed by atoms with Crippen molar-refractivity contribution < 1.29 is 13.6 Å². The van der Waals surface area contributed by atoms with Crippen LogP contribution in [0.2, 0.25) is 0 Å². The number of carbonyl (C=O) groups excluding carboxylic acids is 1. The van der Waals surface area contributed by atoms with Gasteiger partial charge in [-0.2, -0.15) is 4.68 Å². The lowest BCUT2D eigenvalue weighted by atomic mass is 10.0. The molecule has 4 aromatic rings. The number of tetrazole rings is 1. The third kappa shape index (κ3) is 3.70. The zero-order chi connectivity index (χ0) is 22.1. The van der Waals surface area contributed by atoms with Crippen LogP contribution in [0.15, 0.2) is 54.7 Å². The fourth-order valence-electron chi connectivity index (χ4n) is 3.04. The fraction of sp³-hybridized carbons (Fsp3) is 0.0952. The van der Waals surface area contributed by atoms with Crippen LogP contribution in [-0.2, 0) is 4.79 Å². The van der Waals surface area contributed by atoms with Crippen molar-refractivity contribution >= 4 is 17.4 Å². The average Bonchev–Trinajstić information content (AvgIpc) is 3.25. The van der Waals surface area contributed by atoms with Crippen molar-refractivity contribution in [3.8, 4) is 28.2 Å². The number of nitrogen functional groups attached to an aromatic ring is 1. The first-order chi connectivity index (χ1) is 14.9. The van der Waals surface area contributed by atoms with Gasteiger partial charge in [-0.1, -0.05) is 18.2 Å². The molecular weight excluding hydrogens is 404 g/mol. The van der Waals surface area contributed by atoms with E-state index in [0.717, 1.165) is 22.0 Å². The van der Waals surface area contributed by atoms with Crippen molar-refractivity contribution in [2.24, 2.45) is 0 Å². The molecule has 0 radical (unpaired) electrons. The predicted octanol–water partition coefficient (Wildman–Crippen LogP) is 3.23. The summed E-state index contributed by atoms with van der Waals surface area (Å²) in [6.07, 6.45) is 1.58. The van der Waals surface area contributed by atoms with Gasteiger partial charge in [-0.15, -0.1) is 5.10 Å². The Balaban J connectivity index is 1.76. The van der Waals surface area contributed by atoms with Gasteiger partial charge in [0.05, 0.1) is 5.56 Å². The molecule has 0 saturated heterocycles. The van der Waals surface area contributed by atoms with Gasteiger partial charge >= 0.3 is 0 Å². The molecule has 0 aliphatic rings. The third-order valence-corrected chi connectivity index (χ3v) is 4.85. The molecule has 2 aromatic heterocycles. The number of halogens is 2. The van der Waals surface area contributed by atoms with Crippen molar-refractivity contribution in [1.29, 1.82) is 0 Å². The quantitative estimate of drug-likeness (QED) is 0.543. The van der Waals surface area contributed by atoms with Crippen molar-refractivity contribution in [3.05, 3.63) is 66.4 Å². The van der Waals surface area contributed by atoms with Gasteiger partial charge in [-0.3, -0.25) is 4.79 Å². The lowest BCUT2D eigenvalue weighted by molar-refractivity contribution is -0.116. The topological polar surface area (TPSA) is 103 Å². The normalized spacial score (nSPS) is 10.8. The van der Waals surface area contributed by atoms with Gasteiger partial charge in [0.25, 0.3) is 0 Å². The van der Waals surface area contributed by atoms with E-state index in [1.807, 2.05) is 12.1 Å². The van der Waals surface area contributed by atoms with Gasteiger partial charge in [-0.25, -0.2) is 13.8 Å². The van der Waals surface area contributed by atoms with E-state index in [-0.39, 0.29) is 23.2 Å². The largest absolute Gasteiger partial charge is 0.383 e. The minimum absolute atomic E-state index is 0.0828. The molecule has 4 rings (SSSR count). The third-order valence-electron chi connectivity index (χ3n) is 4.85. The summed E-state index contributed by atoms with van der Waals surface area (Å²) in [7, 11) is 1.69. The van der Waals surface area contributed by atoms with Crippen LogP contribution in [-0.4, -0.2) is 38.1 Å². The van der Waals surface area contributed by atoms with E-state index < -0.39 is 11.6 Å². The van der Waals surface area contributed by atoms with Gasteiger partial charge in [0.2, 0.25) is 5.91 Å². The van der Waals surface area contributed by atoms with Gasteiger partial charge in [0.15, 0.2) is 17.5 Å². The zero-order valence-electron chi connectivity index (χ0n) is 16.6. The number of carbonyl (C=O) groups is 1. The van der Waals surface area contributed by atoms with Crippen molar-refractivity contribution in [1.82, 2.24) is 25.2 Å². The Kier molecular flexibility index (Phi) is 5.12.